The van der Waals surface area contributed by atoms with Crippen LogP contribution in [0, 0.1) is 5.92 Å². The van der Waals surface area contributed by atoms with Gasteiger partial charge in [0, 0.05) is 25.0 Å². The van der Waals surface area contributed by atoms with Gasteiger partial charge in [0.15, 0.2) is 0 Å². The number of hydrogen-bond acceptors (Lipinski definition) is 4. The van der Waals surface area contributed by atoms with Crippen molar-refractivity contribution in [1.82, 2.24) is 19.7 Å². The first-order chi connectivity index (χ1) is 10.2. The van der Waals surface area contributed by atoms with Crippen molar-refractivity contribution in [3.05, 3.63) is 42.5 Å². The van der Waals surface area contributed by atoms with Crippen molar-refractivity contribution in [1.29, 1.82) is 0 Å². The van der Waals surface area contributed by atoms with Crippen LogP contribution in [0.4, 0.5) is 0 Å². The number of amides is 1. The molecule has 3 heterocycles. The summed E-state index contributed by atoms with van der Waals surface area (Å²) in [5, 5.41) is 4.25. The zero-order valence-electron chi connectivity index (χ0n) is 12.8. The molecule has 0 saturated carbocycles. The molecule has 2 aromatic rings. The van der Waals surface area contributed by atoms with Crippen LogP contribution in [0.5, 0.6) is 0 Å². The highest BCUT2D eigenvalue weighted by molar-refractivity contribution is 5.94. The Labute approximate surface area is 147 Å². The molecule has 1 fully saturated rings. The maximum absolute atomic E-state index is 12.6. The van der Waals surface area contributed by atoms with E-state index in [-0.39, 0.29) is 36.8 Å². The second-order valence-corrected chi connectivity index (χ2v) is 5.53. The smallest absolute Gasteiger partial charge is 0.257 e. The number of carbonyl (C=O) groups excluding carboxylic acids is 1. The molecule has 3 rings (SSSR count). The minimum absolute atomic E-state index is 0. The number of carbonyl (C=O) groups is 1. The van der Waals surface area contributed by atoms with E-state index in [2.05, 4.69) is 17.0 Å². The Kier molecular flexibility index (Phi) is 7.00. The summed E-state index contributed by atoms with van der Waals surface area (Å²) in [5.74, 6) is 0.422. The molecule has 1 aliphatic rings. The summed E-state index contributed by atoms with van der Waals surface area (Å²) < 4.78 is 1.67. The number of likely N-dealkylation sites (tertiary alicyclic amines) is 1. The Morgan fingerprint density at radius 1 is 1.39 bits per heavy atom. The van der Waals surface area contributed by atoms with Gasteiger partial charge in [-0.3, -0.25) is 9.78 Å². The summed E-state index contributed by atoms with van der Waals surface area (Å²) in [5.41, 5.74) is 7.15. The van der Waals surface area contributed by atoms with Crippen molar-refractivity contribution in [2.45, 2.75) is 19.4 Å². The molecule has 0 aliphatic carbocycles. The largest absolute Gasteiger partial charge is 0.336 e. The molecule has 2 atom stereocenters. The summed E-state index contributed by atoms with van der Waals surface area (Å²) in [6.07, 6.45) is 7.75. The molecule has 0 aromatic carbocycles. The summed E-state index contributed by atoms with van der Waals surface area (Å²) >= 11 is 0. The number of nitrogens with two attached hydrogens (primary N) is 1. The van der Waals surface area contributed by atoms with Crippen molar-refractivity contribution in [2.75, 3.05) is 13.1 Å². The van der Waals surface area contributed by atoms with Crippen LogP contribution < -0.4 is 5.73 Å². The predicted octanol–water partition coefficient (Wildman–Crippen LogP) is 1.92. The molecule has 6 nitrogen and oxygen atoms in total. The quantitative estimate of drug-likeness (QED) is 0.910. The van der Waals surface area contributed by atoms with Gasteiger partial charge in [0.25, 0.3) is 5.91 Å². The van der Waals surface area contributed by atoms with Crippen LogP contribution in [-0.2, 0) is 0 Å². The minimum Gasteiger partial charge on any atom is -0.336 e. The molecule has 2 N–H and O–H groups in total. The van der Waals surface area contributed by atoms with Gasteiger partial charge in [-0.2, -0.15) is 5.10 Å². The van der Waals surface area contributed by atoms with Gasteiger partial charge in [0.1, 0.15) is 0 Å². The lowest BCUT2D eigenvalue weighted by Crippen LogP contribution is -2.34. The fraction of sp³-hybridized carbons (Fsp3) is 0.400. The third kappa shape index (κ3) is 4.02. The van der Waals surface area contributed by atoms with E-state index in [1.165, 1.54) is 0 Å². The van der Waals surface area contributed by atoms with Gasteiger partial charge >= 0.3 is 0 Å². The van der Waals surface area contributed by atoms with Gasteiger partial charge in [0.05, 0.1) is 23.6 Å². The number of rotatable bonds is 3. The van der Waals surface area contributed by atoms with Gasteiger partial charge in [-0.15, -0.1) is 24.8 Å². The third-order valence-corrected chi connectivity index (χ3v) is 4.00. The van der Waals surface area contributed by atoms with E-state index in [9.17, 15) is 4.79 Å². The maximum Gasteiger partial charge on any atom is 0.257 e. The molecular weight excluding hydrogens is 337 g/mol. The topological polar surface area (TPSA) is 77.0 Å². The van der Waals surface area contributed by atoms with Crippen LogP contribution in [0.1, 0.15) is 23.7 Å². The van der Waals surface area contributed by atoms with Crippen LogP contribution in [0.15, 0.2) is 36.9 Å². The Morgan fingerprint density at radius 3 is 2.78 bits per heavy atom. The highest BCUT2D eigenvalue weighted by atomic mass is 35.5. The summed E-state index contributed by atoms with van der Waals surface area (Å²) in [7, 11) is 0. The van der Waals surface area contributed by atoms with Crippen molar-refractivity contribution >= 4 is 30.7 Å². The first kappa shape index (κ1) is 19.4. The molecular formula is C15H21Cl2N5O. The molecule has 0 bridgehead atoms. The molecule has 126 valence electrons. The molecule has 2 aromatic heterocycles. The fourth-order valence-electron chi connectivity index (χ4n) is 2.83. The molecule has 1 saturated heterocycles. The van der Waals surface area contributed by atoms with E-state index in [1.807, 2.05) is 17.0 Å². The first-order valence-electron chi connectivity index (χ1n) is 7.15. The number of halogens is 2. The van der Waals surface area contributed by atoms with Gasteiger partial charge in [-0.05, 0) is 37.9 Å². The van der Waals surface area contributed by atoms with Crippen LogP contribution in [0.3, 0.4) is 0 Å². The van der Waals surface area contributed by atoms with E-state index in [1.54, 1.807) is 29.5 Å². The summed E-state index contributed by atoms with van der Waals surface area (Å²) in [4.78, 5) is 18.5. The average molecular weight is 358 g/mol. The standard InChI is InChI=1S/C15H19N5O.2ClH/c1-11-5-12(6-16)9-19(11)15(21)13-7-18-20(10-13)14-3-2-4-17-8-14;;/h2-4,7-8,10-12H,5-6,9,16H2,1H3;2*1H. The van der Waals surface area contributed by atoms with Crippen LogP contribution in [0.25, 0.3) is 5.69 Å². The summed E-state index contributed by atoms with van der Waals surface area (Å²) in [6, 6.07) is 3.97. The normalized spacial score (nSPS) is 19.8. The molecule has 8 heteroatoms. The van der Waals surface area contributed by atoms with E-state index in [0.29, 0.717) is 18.0 Å². The average Bonchev–Trinajstić information content (AvgIpc) is 3.14. The number of pyridine rings is 1. The summed E-state index contributed by atoms with van der Waals surface area (Å²) in [6.45, 7) is 3.43. The molecule has 0 spiro atoms. The van der Waals surface area contributed by atoms with E-state index >= 15 is 0 Å². The Morgan fingerprint density at radius 2 is 2.17 bits per heavy atom. The number of hydrogen-bond donors (Lipinski definition) is 1. The van der Waals surface area contributed by atoms with Crippen LogP contribution in [0.2, 0.25) is 0 Å². The predicted molar refractivity (Wildman–Crippen MR) is 93.5 cm³/mol. The SMILES string of the molecule is CC1CC(CN)CN1C(=O)c1cnn(-c2cccnc2)c1.Cl.Cl. The lowest BCUT2D eigenvalue weighted by atomic mass is 10.1. The molecule has 1 aliphatic heterocycles. The highest BCUT2D eigenvalue weighted by Crippen LogP contribution is 2.24. The monoisotopic (exact) mass is 357 g/mol. The second-order valence-electron chi connectivity index (χ2n) is 5.53. The minimum atomic E-state index is 0. The van der Waals surface area contributed by atoms with Crippen molar-refractivity contribution < 1.29 is 4.79 Å². The number of nitrogens with zero attached hydrogens (tertiary/aromatic N) is 4. The Bertz CT molecular complexity index is 634. The van der Waals surface area contributed by atoms with Crippen molar-refractivity contribution in [3.63, 3.8) is 0 Å². The van der Waals surface area contributed by atoms with E-state index in [0.717, 1.165) is 18.7 Å². The lowest BCUT2D eigenvalue weighted by molar-refractivity contribution is 0.0743. The zero-order valence-corrected chi connectivity index (χ0v) is 14.5. The van der Waals surface area contributed by atoms with Gasteiger partial charge in [0.2, 0.25) is 0 Å². The van der Waals surface area contributed by atoms with Gasteiger partial charge in [-0.1, -0.05) is 0 Å². The second kappa shape index (κ2) is 8.29. The maximum atomic E-state index is 12.6. The van der Waals surface area contributed by atoms with Crippen LogP contribution in [-0.4, -0.2) is 44.7 Å². The zero-order chi connectivity index (χ0) is 14.8. The lowest BCUT2D eigenvalue weighted by Gasteiger charge is -2.20. The van der Waals surface area contributed by atoms with Crippen molar-refractivity contribution in [2.24, 2.45) is 11.7 Å². The molecule has 1 amide bonds. The molecule has 2 unspecified atom stereocenters. The van der Waals surface area contributed by atoms with Gasteiger partial charge < -0.3 is 10.6 Å². The Hall–Kier alpha value is -1.63. The number of aromatic nitrogens is 3. The van der Waals surface area contributed by atoms with Gasteiger partial charge in [-0.25, -0.2) is 4.68 Å². The van der Waals surface area contributed by atoms with E-state index in [4.69, 9.17) is 5.73 Å². The Balaban J connectivity index is 0.00000132. The molecule has 0 radical (unpaired) electrons. The highest BCUT2D eigenvalue weighted by Gasteiger charge is 2.32. The fourth-order valence-corrected chi connectivity index (χ4v) is 2.83. The van der Waals surface area contributed by atoms with E-state index < -0.39 is 0 Å². The first-order valence-corrected chi connectivity index (χ1v) is 7.15. The van der Waals surface area contributed by atoms with Crippen LogP contribution >= 0.6 is 24.8 Å². The third-order valence-electron chi connectivity index (χ3n) is 4.00. The van der Waals surface area contributed by atoms with Crippen molar-refractivity contribution in [3.8, 4) is 5.69 Å². The molecule has 23 heavy (non-hydrogen) atoms.